The number of aromatic nitrogens is 2. The average Bonchev–Trinajstić information content (AvgIpc) is 2.28. The first kappa shape index (κ1) is 11.5. The summed E-state index contributed by atoms with van der Waals surface area (Å²) >= 11 is 0. The maximum Gasteiger partial charge on any atom is 0.157 e. The van der Waals surface area contributed by atoms with E-state index >= 15 is 0 Å². The molecule has 2 rings (SSSR count). The largest absolute Gasteiger partial charge is 0.384 e. The number of methoxy groups -OCH3 is 1. The van der Waals surface area contributed by atoms with Crippen molar-refractivity contribution in [2.75, 3.05) is 12.8 Å². The van der Waals surface area contributed by atoms with Crippen molar-refractivity contribution in [3.63, 3.8) is 0 Å². The number of nitrogens with two attached hydrogens (primary N) is 1. The molecule has 0 aliphatic carbocycles. The molecule has 0 radical (unpaired) electrons. The van der Waals surface area contributed by atoms with Gasteiger partial charge in [0.05, 0.1) is 5.69 Å². The van der Waals surface area contributed by atoms with Crippen molar-refractivity contribution in [2.45, 2.75) is 13.5 Å². The van der Waals surface area contributed by atoms with Crippen molar-refractivity contribution in [1.82, 2.24) is 9.97 Å². The zero-order valence-electron chi connectivity index (χ0n) is 9.97. The third-order valence-electron chi connectivity index (χ3n) is 2.38. The Morgan fingerprint density at radius 1 is 1.24 bits per heavy atom. The number of hydrogen-bond acceptors (Lipinski definition) is 4. The molecule has 0 saturated carbocycles. The molecule has 0 fully saturated rings. The van der Waals surface area contributed by atoms with E-state index in [9.17, 15) is 0 Å². The summed E-state index contributed by atoms with van der Waals surface area (Å²) in [6.45, 7) is 2.41. The molecule has 0 unspecified atom stereocenters. The Kier molecular flexibility index (Phi) is 3.35. The van der Waals surface area contributed by atoms with Crippen molar-refractivity contribution in [1.29, 1.82) is 0 Å². The van der Waals surface area contributed by atoms with E-state index in [-0.39, 0.29) is 0 Å². The van der Waals surface area contributed by atoms with E-state index in [1.54, 1.807) is 13.2 Å². The maximum absolute atomic E-state index is 5.76. The van der Waals surface area contributed by atoms with Gasteiger partial charge in [0, 0.05) is 18.7 Å². The van der Waals surface area contributed by atoms with E-state index in [0.717, 1.165) is 11.3 Å². The van der Waals surface area contributed by atoms with E-state index in [0.29, 0.717) is 18.2 Å². The van der Waals surface area contributed by atoms with Crippen LogP contribution < -0.4 is 5.73 Å². The molecule has 1 aromatic heterocycles. The van der Waals surface area contributed by atoms with Crippen molar-refractivity contribution in [3.05, 3.63) is 41.7 Å². The number of benzene rings is 1. The van der Waals surface area contributed by atoms with Crippen LogP contribution in [0, 0.1) is 6.92 Å². The van der Waals surface area contributed by atoms with Crippen LogP contribution in [0.1, 0.15) is 11.4 Å². The summed E-state index contributed by atoms with van der Waals surface area (Å²) in [6.07, 6.45) is 0. The molecule has 17 heavy (non-hydrogen) atoms. The SMILES string of the molecule is COCc1nc(N)cc(-c2cccc(C)c2)n1. The van der Waals surface area contributed by atoms with Gasteiger partial charge in [-0.2, -0.15) is 0 Å². The number of anilines is 1. The van der Waals surface area contributed by atoms with Crippen molar-refractivity contribution in [3.8, 4) is 11.3 Å². The van der Waals surface area contributed by atoms with Crippen LogP contribution in [-0.2, 0) is 11.3 Å². The lowest BCUT2D eigenvalue weighted by Gasteiger charge is -2.06. The predicted octanol–water partition coefficient (Wildman–Crippen LogP) is 2.18. The first-order valence-corrected chi connectivity index (χ1v) is 5.38. The fourth-order valence-electron chi connectivity index (χ4n) is 1.66. The number of nitrogen functional groups attached to an aromatic ring is 1. The van der Waals surface area contributed by atoms with E-state index in [1.807, 2.05) is 25.1 Å². The Morgan fingerprint density at radius 2 is 2.06 bits per heavy atom. The molecule has 1 aromatic carbocycles. The molecule has 0 saturated heterocycles. The summed E-state index contributed by atoms with van der Waals surface area (Å²) in [7, 11) is 1.61. The summed E-state index contributed by atoms with van der Waals surface area (Å²) in [5.74, 6) is 1.06. The maximum atomic E-state index is 5.76. The Bertz CT molecular complexity index is 526. The van der Waals surface area contributed by atoms with E-state index in [4.69, 9.17) is 10.5 Å². The number of aryl methyl sites for hydroxylation is 1. The molecule has 0 aliphatic heterocycles. The molecule has 0 amide bonds. The highest BCUT2D eigenvalue weighted by Gasteiger charge is 2.05. The lowest BCUT2D eigenvalue weighted by Crippen LogP contribution is -2.02. The van der Waals surface area contributed by atoms with Gasteiger partial charge in [-0.15, -0.1) is 0 Å². The van der Waals surface area contributed by atoms with Gasteiger partial charge in [-0.3, -0.25) is 0 Å². The van der Waals surface area contributed by atoms with Crippen molar-refractivity contribution >= 4 is 5.82 Å². The molecule has 0 spiro atoms. The Labute approximate surface area is 100 Å². The van der Waals surface area contributed by atoms with Gasteiger partial charge in [0.25, 0.3) is 0 Å². The lowest BCUT2D eigenvalue weighted by atomic mass is 10.1. The summed E-state index contributed by atoms with van der Waals surface area (Å²) in [6, 6.07) is 9.89. The van der Waals surface area contributed by atoms with Crippen LogP contribution in [0.3, 0.4) is 0 Å². The number of nitrogens with zero attached hydrogens (tertiary/aromatic N) is 2. The lowest BCUT2D eigenvalue weighted by molar-refractivity contribution is 0.178. The quantitative estimate of drug-likeness (QED) is 0.876. The van der Waals surface area contributed by atoms with Gasteiger partial charge in [-0.25, -0.2) is 9.97 Å². The molecule has 88 valence electrons. The van der Waals surface area contributed by atoms with Gasteiger partial charge in [0.15, 0.2) is 5.82 Å². The molecule has 2 N–H and O–H groups in total. The Hall–Kier alpha value is -1.94. The number of ether oxygens (including phenoxy) is 1. The van der Waals surface area contributed by atoms with Crippen molar-refractivity contribution < 1.29 is 4.74 Å². The van der Waals surface area contributed by atoms with E-state index < -0.39 is 0 Å². The standard InChI is InChI=1S/C13H15N3O/c1-9-4-3-5-10(6-9)11-7-12(14)16-13(15-11)8-17-2/h3-7H,8H2,1-2H3,(H2,14,15,16). The first-order valence-electron chi connectivity index (χ1n) is 5.38. The second-order valence-electron chi connectivity index (χ2n) is 3.90. The average molecular weight is 229 g/mol. The van der Waals surface area contributed by atoms with Crippen molar-refractivity contribution in [2.24, 2.45) is 0 Å². The van der Waals surface area contributed by atoms with Crippen LogP contribution in [0.25, 0.3) is 11.3 Å². The Balaban J connectivity index is 2.44. The highest BCUT2D eigenvalue weighted by Crippen LogP contribution is 2.19. The molecule has 0 aliphatic rings. The van der Waals surface area contributed by atoms with E-state index in [2.05, 4.69) is 16.0 Å². The number of rotatable bonds is 3. The monoisotopic (exact) mass is 229 g/mol. The van der Waals surface area contributed by atoms with Gasteiger partial charge in [-0.05, 0) is 13.0 Å². The van der Waals surface area contributed by atoms with Crippen LogP contribution in [0.15, 0.2) is 30.3 Å². The van der Waals surface area contributed by atoms with Gasteiger partial charge in [0.1, 0.15) is 12.4 Å². The predicted molar refractivity (Wildman–Crippen MR) is 67.3 cm³/mol. The molecule has 0 atom stereocenters. The topological polar surface area (TPSA) is 61.0 Å². The molecule has 4 nitrogen and oxygen atoms in total. The molecule has 0 bridgehead atoms. The fraction of sp³-hybridized carbons (Fsp3) is 0.231. The Morgan fingerprint density at radius 3 is 2.76 bits per heavy atom. The van der Waals surface area contributed by atoms with Crippen LogP contribution in [-0.4, -0.2) is 17.1 Å². The van der Waals surface area contributed by atoms with Crippen LogP contribution >= 0.6 is 0 Å². The van der Waals surface area contributed by atoms with Gasteiger partial charge >= 0.3 is 0 Å². The normalized spacial score (nSPS) is 10.5. The van der Waals surface area contributed by atoms with Crippen LogP contribution in [0.4, 0.5) is 5.82 Å². The third kappa shape index (κ3) is 2.79. The van der Waals surface area contributed by atoms with Crippen LogP contribution in [0.5, 0.6) is 0 Å². The molecule has 2 aromatic rings. The summed E-state index contributed by atoms with van der Waals surface area (Å²) < 4.78 is 5.02. The number of hydrogen-bond donors (Lipinski definition) is 1. The minimum absolute atomic E-state index is 0.365. The van der Waals surface area contributed by atoms with Gasteiger partial charge in [0.2, 0.25) is 0 Å². The summed E-state index contributed by atoms with van der Waals surface area (Å²) in [5, 5.41) is 0. The first-order chi connectivity index (χ1) is 8.19. The fourth-order valence-corrected chi connectivity index (χ4v) is 1.66. The molecule has 1 heterocycles. The second kappa shape index (κ2) is 4.93. The third-order valence-corrected chi connectivity index (χ3v) is 2.38. The molecular formula is C13H15N3O. The minimum atomic E-state index is 0.365. The minimum Gasteiger partial charge on any atom is -0.384 e. The highest BCUT2D eigenvalue weighted by molar-refractivity contribution is 5.62. The summed E-state index contributed by atoms with van der Waals surface area (Å²) in [5.41, 5.74) is 8.81. The van der Waals surface area contributed by atoms with Gasteiger partial charge in [-0.1, -0.05) is 23.8 Å². The van der Waals surface area contributed by atoms with E-state index in [1.165, 1.54) is 5.56 Å². The zero-order valence-corrected chi connectivity index (χ0v) is 9.97. The zero-order chi connectivity index (χ0) is 12.3. The second-order valence-corrected chi connectivity index (χ2v) is 3.90. The summed E-state index contributed by atoms with van der Waals surface area (Å²) in [4.78, 5) is 8.53. The molecule has 4 heteroatoms. The molecular weight excluding hydrogens is 214 g/mol. The highest BCUT2D eigenvalue weighted by atomic mass is 16.5. The van der Waals surface area contributed by atoms with Gasteiger partial charge < -0.3 is 10.5 Å². The smallest absolute Gasteiger partial charge is 0.157 e. The van der Waals surface area contributed by atoms with Crippen LogP contribution in [0.2, 0.25) is 0 Å².